The Morgan fingerprint density at radius 2 is 2.05 bits per heavy atom. The molecule has 0 fully saturated rings. The second-order valence-corrected chi connectivity index (χ2v) is 5.13. The fourth-order valence-corrected chi connectivity index (χ4v) is 2.50. The predicted molar refractivity (Wildman–Crippen MR) is 85.2 cm³/mol. The van der Waals surface area contributed by atoms with Crippen molar-refractivity contribution < 1.29 is 4.42 Å². The Morgan fingerprint density at radius 3 is 2.91 bits per heavy atom. The summed E-state index contributed by atoms with van der Waals surface area (Å²) in [6, 6.07) is 11.8. The summed E-state index contributed by atoms with van der Waals surface area (Å²) in [5.41, 5.74) is 5.24. The maximum absolute atomic E-state index is 5.63. The van der Waals surface area contributed by atoms with Gasteiger partial charge in [-0.1, -0.05) is 13.0 Å². The molecule has 0 aliphatic heterocycles. The molecule has 4 aromatic rings. The molecule has 0 saturated heterocycles. The number of anilines is 2. The number of fused-ring (bicyclic) bond motifs is 2. The van der Waals surface area contributed by atoms with E-state index in [2.05, 4.69) is 20.5 Å². The van der Waals surface area contributed by atoms with Gasteiger partial charge in [0.1, 0.15) is 16.6 Å². The molecular weight excluding hydrogens is 278 g/mol. The quantitative estimate of drug-likeness (QED) is 0.627. The lowest BCUT2D eigenvalue weighted by atomic mass is 10.2. The summed E-state index contributed by atoms with van der Waals surface area (Å²) in [6.07, 6.45) is 0.788. The zero-order valence-electron chi connectivity index (χ0n) is 12.4. The van der Waals surface area contributed by atoms with Crippen LogP contribution in [-0.2, 0) is 13.5 Å². The molecule has 0 bridgehead atoms. The largest absolute Gasteiger partial charge is 0.441 e. The van der Waals surface area contributed by atoms with Crippen molar-refractivity contribution in [2.24, 2.45) is 7.05 Å². The van der Waals surface area contributed by atoms with Gasteiger partial charge in [0.05, 0.1) is 5.69 Å². The van der Waals surface area contributed by atoms with Crippen LogP contribution in [0.25, 0.3) is 22.1 Å². The van der Waals surface area contributed by atoms with Crippen molar-refractivity contribution in [1.82, 2.24) is 20.0 Å². The van der Waals surface area contributed by atoms with Gasteiger partial charge in [0.25, 0.3) is 0 Å². The van der Waals surface area contributed by atoms with Crippen molar-refractivity contribution in [3.05, 3.63) is 42.3 Å². The zero-order chi connectivity index (χ0) is 15.1. The summed E-state index contributed by atoms with van der Waals surface area (Å²) in [5, 5.41) is 12.1. The maximum atomic E-state index is 5.63. The number of hydrogen-bond donors (Lipinski definition) is 1. The number of oxazole rings is 1. The molecule has 0 saturated carbocycles. The maximum Gasteiger partial charge on any atom is 0.195 e. The second-order valence-electron chi connectivity index (χ2n) is 5.13. The molecule has 0 spiro atoms. The van der Waals surface area contributed by atoms with Crippen molar-refractivity contribution in [2.75, 3.05) is 5.32 Å². The minimum absolute atomic E-state index is 0.753. The molecule has 0 aliphatic carbocycles. The molecule has 110 valence electrons. The SMILES string of the molecule is CCc1nc2cc(Nc3cccc4nn(C)nc34)ccc2o1. The van der Waals surface area contributed by atoms with Gasteiger partial charge < -0.3 is 9.73 Å². The van der Waals surface area contributed by atoms with Crippen molar-refractivity contribution in [3.8, 4) is 0 Å². The summed E-state index contributed by atoms with van der Waals surface area (Å²) in [6.45, 7) is 2.03. The second kappa shape index (κ2) is 4.84. The lowest BCUT2D eigenvalue weighted by molar-refractivity contribution is 0.538. The highest BCUT2D eigenvalue weighted by Gasteiger charge is 2.08. The molecule has 22 heavy (non-hydrogen) atoms. The smallest absolute Gasteiger partial charge is 0.195 e. The van der Waals surface area contributed by atoms with Gasteiger partial charge in [-0.25, -0.2) is 4.98 Å². The molecule has 0 aliphatic rings. The number of aromatic nitrogens is 4. The van der Waals surface area contributed by atoms with Crippen LogP contribution in [0.1, 0.15) is 12.8 Å². The van der Waals surface area contributed by atoms with E-state index in [1.807, 2.05) is 50.4 Å². The minimum Gasteiger partial charge on any atom is -0.441 e. The lowest BCUT2D eigenvalue weighted by Crippen LogP contribution is -1.93. The van der Waals surface area contributed by atoms with Crippen molar-refractivity contribution >= 4 is 33.5 Å². The van der Waals surface area contributed by atoms with Crippen LogP contribution in [0.4, 0.5) is 11.4 Å². The molecule has 6 heteroatoms. The Morgan fingerprint density at radius 1 is 1.14 bits per heavy atom. The van der Waals surface area contributed by atoms with E-state index in [1.165, 1.54) is 0 Å². The van der Waals surface area contributed by atoms with E-state index < -0.39 is 0 Å². The third kappa shape index (κ3) is 2.09. The summed E-state index contributed by atoms with van der Waals surface area (Å²) >= 11 is 0. The number of nitrogens with zero attached hydrogens (tertiary/aromatic N) is 4. The first-order valence-electron chi connectivity index (χ1n) is 7.19. The van der Waals surface area contributed by atoms with E-state index >= 15 is 0 Å². The molecule has 0 amide bonds. The molecule has 2 aromatic heterocycles. The first-order valence-corrected chi connectivity index (χ1v) is 7.19. The van der Waals surface area contributed by atoms with E-state index in [1.54, 1.807) is 4.80 Å². The van der Waals surface area contributed by atoms with Crippen LogP contribution in [0.5, 0.6) is 0 Å². The van der Waals surface area contributed by atoms with E-state index in [9.17, 15) is 0 Å². The van der Waals surface area contributed by atoms with Crippen molar-refractivity contribution in [2.45, 2.75) is 13.3 Å². The van der Waals surface area contributed by atoms with Gasteiger partial charge in [-0.15, -0.1) is 0 Å². The Kier molecular flexibility index (Phi) is 2.82. The Hall–Kier alpha value is -2.89. The van der Waals surface area contributed by atoms with Gasteiger partial charge in [-0.3, -0.25) is 0 Å². The average Bonchev–Trinajstić information content (AvgIpc) is 3.09. The van der Waals surface area contributed by atoms with Gasteiger partial charge in [-0.2, -0.15) is 15.0 Å². The third-order valence-corrected chi connectivity index (χ3v) is 3.53. The zero-order valence-corrected chi connectivity index (χ0v) is 12.4. The van der Waals surface area contributed by atoms with Gasteiger partial charge in [0.15, 0.2) is 11.5 Å². The number of aryl methyl sites for hydroxylation is 2. The predicted octanol–water partition coefficient (Wildman–Crippen LogP) is 3.42. The topological polar surface area (TPSA) is 68.8 Å². The van der Waals surface area contributed by atoms with Crippen LogP contribution >= 0.6 is 0 Å². The Bertz CT molecular complexity index is 969. The molecule has 2 aromatic carbocycles. The van der Waals surface area contributed by atoms with Crippen LogP contribution < -0.4 is 5.32 Å². The van der Waals surface area contributed by atoms with E-state index in [0.717, 1.165) is 45.8 Å². The Labute approximate surface area is 126 Å². The molecule has 1 N–H and O–H groups in total. The first-order chi connectivity index (χ1) is 10.7. The molecule has 0 radical (unpaired) electrons. The standard InChI is InChI=1S/C16H15N5O/c1-3-15-18-13-9-10(7-8-14(13)22-15)17-11-5-4-6-12-16(11)20-21(2)19-12/h4-9,17H,3H2,1-2H3. The lowest BCUT2D eigenvalue weighted by Gasteiger charge is -2.06. The van der Waals surface area contributed by atoms with E-state index in [0.29, 0.717) is 0 Å². The summed E-state index contributed by atoms with van der Waals surface area (Å²) in [5.74, 6) is 0.753. The van der Waals surface area contributed by atoms with Crippen LogP contribution in [-0.4, -0.2) is 20.0 Å². The normalized spacial score (nSPS) is 11.4. The van der Waals surface area contributed by atoms with Crippen molar-refractivity contribution in [1.29, 1.82) is 0 Å². The summed E-state index contributed by atoms with van der Waals surface area (Å²) in [7, 11) is 1.82. The number of rotatable bonds is 3. The minimum atomic E-state index is 0.753. The van der Waals surface area contributed by atoms with Gasteiger partial charge >= 0.3 is 0 Å². The first kappa shape index (κ1) is 12.8. The fourth-order valence-electron chi connectivity index (χ4n) is 2.50. The highest BCUT2D eigenvalue weighted by molar-refractivity contribution is 5.90. The van der Waals surface area contributed by atoms with Crippen LogP contribution in [0, 0.1) is 0 Å². The molecule has 4 rings (SSSR count). The third-order valence-electron chi connectivity index (χ3n) is 3.53. The van der Waals surface area contributed by atoms with E-state index in [4.69, 9.17) is 4.42 Å². The van der Waals surface area contributed by atoms with Crippen molar-refractivity contribution in [3.63, 3.8) is 0 Å². The highest BCUT2D eigenvalue weighted by Crippen LogP contribution is 2.26. The van der Waals surface area contributed by atoms with Crippen LogP contribution in [0.15, 0.2) is 40.8 Å². The molecule has 2 heterocycles. The average molecular weight is 293 g/mol. The van der Waals surface area contributed by atoms with Gasteiger partial charge in [0, 0.05) is 19.2 Å². The summed E-state index contributed by atoms with van der Waals surface area (Å²) in [4.78, 5) is 6.03. The van der Waals surface area contributed by atoms with Crippen LogP contribution in [0.3, 0.4) is 0 Å². The number of nitrogens with one attached hydrogen (secondary N) is 1. The highest BCUT2D eigenvalue weighted by atomic mass is 16.3. The Balaban J connectivity index is 1.75. The number of benzene rings is 2. The number of hydrogen-bond acceptors (Lipinski definition) is 5. The summed E-state index contributed by atoms with van der Waals surface area (Å²) < 4.78 is 5.63. The monoisotopic (exact) mass is 293 g/mol. The molecular formula is C16H15N5O. The molecule has 6 nitrogen and oxygen atoms in total. The molecule has 0 atom stereocenters. The van der Waals surface area contributed by atoms with E-state index in [-0.39, 0.29) is 0 Å². The molecule has 0 unspecified atom stereocenters. The van der Waals surface area contributed by atoms with Crippen LogP contribution in [0.2, 0.25) is 0 Å². The fraction of sp³-hybridized carbons (Fsp3) is 0.188. The van der Waals surface area contributed by atoms with Gasteiger partial charge in [-0.05, 0) is 30.3 Å². The van der Waals surface area contributed by atoms with Gasteiger partial charge in [0.2, 0.25) is 0 Å².